The smallest absolute Gasteiger partial charge is 0.0480 e. The van der Waals surface area contributed by atoms with Crippen LogP contribution in [0, 0.1) is 0 Å². The van der Waals surface area contributed by atoms with Gasteiger partial charge in [-0.05, 0) is 32.7 Å². The number of hydrogen-bond acceptors (Lipinski definition) is 2. The van der Waals surface area contributed by atoms with E-state index >= 15 is 0 Å². The monoisotopic (exact) mass is 185 g/mol. The predicted molar refractivity (Wildman–Crippen MR) is 58.0 cm³/mol. The summed E-state index contributed by atoms with van der Waals surface area (Å²) in [5, 5.41) is 3.48. The van der Waals surface area contributed by atoms with E-state index in [-0.39, 0.29) is 0 Å². The van der Waals surface area contributed by atoms with Crippen LogP contribution in [0.1, 0.15) is 33.1 Å². The van der Waals surface area contributed by atoms with Crippen LogP contribution >= 0.6 is 0 Å². The van der Waals surface area contributed by atoms with Gasteiger partial charge in [-0.1, -0.05) is 13.0 Å². The summed E-state index contributed by atoms with van der Waals surface area (Å²) in [6.07, 6.45) is 5.27. The number of nitrogens with one attached hydrogen (secondary N) is 1. The first-order valence-electron chi connectivity index (χ1n) is 5.27. The van der Waals surface area contributed by atoms with Crippen LogP contribution in [-0.2, 0) is 4.74 Å². The van der Waals surface area contributed by atoms with Crippen LogP contribution in [0.3, 0.4) is 0 Å². The van der Waals surface area contributed by atoms with E-state index in [0.717, 1.165) is 32.6 Å². The van der Waals surface area contributed by atoms with Gasteiger partial charge < -0.3 is 10.1 Å². The van der Waals surface area contributed by atoms with Gasteiger partial charge in [0.25, 0.3) is 0 Å². The van der Waals surface area contributed by atoms with Crippen LogP contribution in [0.2, 0.25) is 0 Å². The minimum absolute atomic E-state index is 0.545. The van der Waals surface area contributed by atoms with Crippen molar-refractivity contribution < 1.29 is 4.74 Å². The zero-order chi connectivity index (χ0) is 9.94. The van der Waals surface area contributed by atoms with Crippen molar-refractivity contribution in [1.82, 2.24) is 5.32 Å². The molecule has 0 aromatic rings. The third-order valence-corrected chi connectivity index (χ3v) is 1.95. The highest BCUT2D eigenvalue weighted by Gasteiger charge is 2.04. The summed E-state index contributed by atoms with van der Waals surface area (Å²) in [5.41, 5.74) is 0. The second-order valence-corrected chi connectivity index (χ2v) is 3.16. The maximum Gasteiger partial charge on any atom is 0.0480 e. The Morgan fingerprint density at radius 2 is 2.23 bits per heavy atom. The first-order valence-corrected chi connectivity index (χ1v) is 5.27. The maximum absolute atomic E-state index is 5.32. The lowest BCUT2D eigenvalue weighted by atomic mass is 10.1. The van der Waals surface area contributed by atoms with Crippen molar-refractivity contribution in [3.63, 3.8) is 0 Å². The number of hydrogen-bond donors (Lipinski definition) is 1. The lowest BCUT2D eigenvalue weighted by molar-refractivity contribution is 0.136. The molecule has 0 saturated carbocycles. The molecule has 13 heavy (non-hydrogen) atoms. The minimum Gasteiger partial charge on any atom is -0.382 e. The molecule has 0 bridgehead atoms. The largest absolute Gasteiger partial charge is 0.382 e. The third kappa shape index (κ3) is 8.00. The quantitative estimate of drug-likeness (QED) is 0.440. The topological polar surface area (TPSA) is 21.3 Å². The second-order valence-electron chi connectivity index (χ2n) is 3.16. The zero-order valence-corrected chi connectivity index (χ0v) is 9.01. The Labute approximate surface area is 82.4 Å². The Kier molecular flexibility index (Phi) is 9.49. The second kappa shape index (κ2) is 9.75. The highest BCUT2D eigenvalue weighted by Crippen LogP contribution is 1.99. The molecule has 0 amide bonds. The van der Waals surface area contributed by atoms with Gasteiger partial charge in [-0.15, -0.1) is 6.58 Å². The molecule has 1 unspecified atom stereocenters. The molecule has 2 heteroatoms. The van der Waals surface area contributed by atoms with Gasteiger partial charge in [-0.25, -0.2) is 0 Å². The molecule has 0 fully saturated rings. The minimum atomic E-state index is 0.545. The number of ether oxygens (including phenoxy) is 1. The highest BCUT2D eigenvalue weighted by atomic mass is 16.5. The summed E-state index contributed by atoms with van der Waals surface area (Å²) in [6, 6.07) is 0.545. The first kappa shape index (κ1) is 12.7. The Bertz CT molecular complexity index is 115. The molecule has 1 atom stereocenters. The molecule has 0 aliphatic heterocycles. The molecule has 0 rings (SSSR count). The maximum atomic E-state index is 5.32. The van der Waals surface area contributed by atoms with E-state index in [0.29, 0.717) is 6.04 Å². The highest BCUT2D eigenvalue weighted by molar-refractivity contribution is 4.77. The average molecular weight is 185 g/mol. The Hall–Kier alpha value is -0.340. The summed E-state index contributed by atoms with van der Waals surface area (Å²) in [7, 11) is 0. The van der Waals surface area contributed by atoms with Gasteiger partial charge >= 0.3 is 0 Å². The van der Waals surface area contributed by atoms with Crippen LogP contribution in [0.25, 0.3) is 0 Å². The Balaban J connectivity index is 3.47. The van der Waals surface area contributed by atoms with Crippen LogP contribution in [-0.4, -0.2) is 25.8 Å². The molecule has 0 heterocycles. The van der Waals surface area contributed by atoms with Gasteiger partial charge in [0.2, 0.25) is 0 Å². The molecular weight excluding hydrogens is 162 g/mol. The molecule has 0 aliphatic carbocycles. The van der Waals surface area contributed by atoms with E-state index in [1.54, 1.807) is 0 Å². The van der Waals surface area contributed by atoms with Gasteiger partial charge in [0.15, 0.2) is 0 Å². The average Bonchev–Trinajstić information content (AvgIpc) is 2.14. The Morgan fingerprint density at radius 1 is 1.46 bits per heavy atom. The van der Waals surface area contributed by atoms with Gasteiger partial charge in [-0.3, -0.25) is 0 Å². The van der Waals surface area contributed by atoms with Crippen molar-refractivity contribution in [2.45, 2.75) is 39.2 Å². The molecule has 0 radical (unpaired) electrons. The van der Waals surface area contributed by atoms with Crippen molar-refractivity contribution in [3.8, 4) is 0 Å². The van der Waals surface area contributed by atoms with Crippen molar-refractivity contribution in [2.24, 2.45) is 0 Å². The summed E-state index contributed by atoms with van der Waals surface area (Å²) in [5.74, 6) is 0. The van der Waals surface area contributed by atoms with Crippen LogP contribution in [0.15, 0.2) is 12.7 Å². The van der Waals surface area contributed by atoms with Gasteiger partial charge in [-0.2, -0.15) is 0 Å². The Morgan fingerprint density at radius 3 is 2.77 bits per heavy atom. The van der Waals surface area contributed by atoms with E-state index in [1.807, 2.05) is 13.0 Å². The standard InChI is InChI=1S/C11H23NO/c1-4-7-11(12-9-5-2)8-10-13-6-3/h4,11-12H,1,5-10H2,2-3H3. The first-order chi connectivity index (χ1) is 6.35. The summed E-state index contributed by atoms with van der Waals surface area (Å²) < 4.78 is 5.32. The lowest BCUT2D eigenvalue weighted by Gasteiger charge is -2.16. The molecule has 1 N–H and O–H groups in total. The van der Waals surface area contributed by atoms with Gasteiger partial charge in [0, 0.05) is 19.3 Å². The number of rotatable bonds is 9. The molecule has 0 aliphatic rings. The third-order valence-electron chi connectivity index (χ3n) is 1.95. The SMILES string of the molecule is C=CCC(CCOCC)NCCC. The van der Waals surface area contributed by atoms with E-state index < -0.39 is 0 Å². The van der Waals surface area contributed by atoms with Crippen molar-refractivity contribution >= 4 is 0 Å². The van der Waals surface area contributed by atoms with Crippen molar-refractivity contribution in [2.75, 3.05) is 19.8 Å². The van der Waals surface area contributed by atoms with Crippen molar-refractivity contribution in [1.29, 1.82) is 0 Å². The molecule has 0 aromatic heterocycles. The molecule has 0 saturated heterocycles. The normalized spacial score (nSPS) is 12.8. The van der Waals surface area contributed by atoms with Crippen molar-refractivity contribution in [3.05, 3.63) is 12.7 Å². The van der Waals surface area contributed by atoms with Crippen LogP contribution in [0.5, 0.6) is 0 Å². The fourth-order valence-corrected chi connectivity index (χ4v) is 1.22. The predicted octanol–water partition coefficient (Wildman–Crippen LogP) is 2.36. The van der Waals surface area contributed by atoms with E-state index in [9.17, 15) is 0 Å². The summed E-state index contributed by atoms with van der Waals surface area (Å²) in [4.78, 5) is 0. The molecule has 2 nitrogen and oxygen atoms in total. The van der Waals surface area contributed by atoms with Gasteiger partial charge in [0.1, 0.15) is 0 Å². The molecule has 0 aromatic carbocycles. The molecular formula is C11H23NO. The van der Waals surface area contributed by atoms with Crippen LogP contribution < -0.4 is 5.32 Å². The lowest BCUT2D eigenvalue weighted by Crippen LogP contribution is -2.30. The van der Waals surface area contributed by atoms with E-state index in [1.165, 1.54) is 6.42 Å². The van der Waals surface area contributed by atoms with Gasteiger partial charge in [0.05, 0.1) is 0 Å². The van der Waals surface area contributed by atoms with E-state index in [4.69, 9.17) is 4.74 Å². The molecule has 78 valence electrons. The summed E-state index contributed by atoms with van der Waals surface area (Å²) >= 11 is 0. The fraction of sp³-hybridized carbons (Fsp3) is 0.818. The zero-order valence-electron chi connectivity index (χ0n) is 9.01. The fourth-order valence-electron chi connectivity index (χ4n) is 1.22. The van der Waals surface area contributed by atoms with Crippen LogP contribution in [0.4, 0.5) is 0 Å². The molecule has 0 spiro atoms. The van der Waals surface area contributed by atoms with E-state index in [2.05, 4.69) is 18.8 Å². The summed E-state index contributed by atoms with van der Waals surface area (Å²) in [6.45, 7) is 10.7.